The summed E-state index contributed by atoms with van der Waals surface area (Å²) in [5, 5.41) is 0. The van der Waals surface area contributed by atoms with Crippen LogP contribution in [0.4, 0.5) is 0 Å². The first-order chi connectivity index (χ1) is 4.63. The quantitative estimate of drug-likeness (QED) is 0.517. The summed E-state index contributed by atoms with van der Waals surface area (Å²) in [6.45, 7) is 0. The van der Waals surface area contributed by atoms with E-state index in [1.165, 1.54) is 0 Å². The molecule has 0 aromatic heterocycles. The summed E-state index contributed by atoms with van der Waals surface area (Å²) in [5.74, 6) is -1.40. The Morgan fingerprint density at radius 3 is 1.40 bits per heavy atom. The normalized spacial score (nSPS) is 30.8. The van der Waals surface area contributed by atoms with E-state index in [1.807, 2.05) is 0 Å². The fourth-order valence-corrected chi connectivity index (χ4v) is 1.18. The number of carbonyl (C=O) groups excluding carboxylic acids is 2. The van der Waals surface area contributed by atoms with Crippen LogP contribution in [0.25, 0.3) is 0 Å². The molecule has 0 saturated heterocycles. The van der Waals surface area contributed by atoms with Crippen LogP contribution in [0.5, 0.6) is 0 Å². The average molecular weight is 142 g/mol. The van der Waals surface area contributed by atoms with Crippen molar-refractivity contribution in [1.82, 2.24) is 0 Å². The molecule has 0 radical (unpaired) electrons. The van der Waals surface area contributed by atoms with Gasteiger partial charge in [-0.15, -0.1) is 0 Å². The molecule has 0 bridgehead atoms. The Hall–Kier alpha value is -1.06. The first kappa shape index (κ1) is 7.05. The standard InChI is InChI=1S/C6H10N2O2/c7-5(9)3-1-2-4(3)6(8)10/h3-4H,1-2H2,(H2,7,9)(H2,8,10). The van der Waals surface area contributed by atoms with Crippen LogP contribution in [0.2, 0.25) is 0 Å². The second kappa shape index (κ2) is 2.28. The van der Waals surface area contributed by atoms with Gasteiger partial charge >= 0.3 is 0 Å². The molecule has 4 nitrogen and oxygen atoms in total. The molecule has 4 heteroatoms. The van der Waals surface area contributed by atoms with Gasteiger partial charge in [-0.3, -0.25) is 9.59 Å². The van der Waals surface area contributed by atoms with Crippen LogP contribution in [-0.4, -0.2) is 11.8 Å². The van der Waals surface area contributed by atoms with Gasteiger partial charge in [0.1, 0.15) is 0 Å². The summed E-state index contributed by atoms with van der Waals surface area (Å²) in [4.78, 5) is 21.0. The maximum atomic E-state index is 10.5. The van der Waals surface area contributed by atoms with Gasteiger partial charge in [0.15, 0.2) is 0 Å². The first-order valence-corrected chi connectivity index (χ1v) is 3.21. The molecule has 0 spiro atoms. The van der Waals surface area contributed by atoms with E-state index in [0.717, 1.165) is 0 Å². The molecule has 1 aliphatic rings. The van der Waals surface area contributed by atoms with Gasteiger partial charge in [-0.1, -0.05) is 0 Å². The summed E-state index contributed by atoms with van der Waals surface area (Å²) in [6, 6.07) is 0. The van der Waals surface area contributed by atoms with Gasteiger partial charge in [0.25, 0.3) is 0 Å². The largest absolute Gasteiger partial charge is 0.369 e. The number of amides is 2. The van der Waals surface area contributed by atoms with E-state index in [1.54, 1.807) is 0 Å². The monoisotopic (exact) mass is 142 g/mol. The summed E-state index contributed by atoms with van der Waals surface area (Å²) in [7, 11) is 0. The molecule has 1 aliphatic carbocycles. The molecule has 0 heterocycles. The fraction of sp³-hybridized carbons (Fsp3) is 0.667. The highest BCUT2D eigenvalue weighted by atomic mass is 16.2. The van der Waals surface area contributed by atoms with Crippen LogP contribution < -0.4 is 11.5 Å². The predicted molar refractivity (Wildman–Crippen MR) is 34.6 cm³/mol. The van der Waals surface area contributed by atoms with E-state index in [4.69, 9.17) is 11.5 Å². The number of primary amides is 2. The van der Waals surface area contributed by atoms with Crippen molar-refractivity contribution in [3.63, 3.8) is 0 Å². The van der Waals surface area contributed by atoms with Crippen LogP contribution in [0.1, 0.15) is 12.8 Å². The lowest BCUT2D eigenvalue weighted by Crippen LogP contribution is -2.44. The zero-order valence-electron chi connectivity index (χ0n) is 5.54. The number of hydrogen-bond donors (Lipinski definition) is 2. The maximum absolute atomic E-state index is 10.5. The minimum atomic E-state index is -0.407. The molecule has 56 valence electrons. The van der Waals surface area contributed by atoms with Gasteiger partial charge in [0.05, 0.1) is 0 Å². The molecule has 1 rings (SSSR count). The zero-order valence-corrected chi connectivity index (χ0v) is 5.54. The van der Waals surface area contributed by atoms with Crippen molar-refractivity contribution in [2.45, 2.75) is 12.8 Å². The van der Waals surface area contributed by atoms with Crippen LogP contribution in [0.3, 0.4) is 0 Å². The molecule has 0 aliphatic heterocycles. The number of nitrogens with two attached hydrogens (primary N) is 2. The third kappa shape index (κ3) is 0.964. The second-order valence-corrected chi connectivity index (χ2v) is 2.60. The third-order valence-corrected chi connectivity index (χ3v) is 2.01. The van der Waals surface area contributed by atoms with Crippen LogP contribution in [0.15, 0.2) is 0 Å². The van der Waals surface area contributed by atoms with Crippen molar-refractivity contribution in [3.05, 3.63) is 0 Å². The average Bonchev–Trinajstić information content (AvgIpc) is 1.56. The van der Waals surface area contributed by atoms with E-state index >= 15 is 0 Å². The Labute approximate surface area is 58.6 Å². The lowest BCUT2D eigenvalue weighted by Gasteiger charge is -2.31. The van der Waals surface area contributed by atoms with Crippen molar-refractivity contribution < 1.29 is 9.59 Å². The maximum Gasteiger partial charge on any atom is 0.221 e. The second-order valence-electron chi connectivity index (χ2n) is 2.60. The predicted octanol–water partition coefficient (Wildman–Crippen LogP) is -1.02. The topological polar surface area (TPSA) is 86.2 Å². The Kier molecular flexibility index (Phi) is 1.61. The Morgan fingerprint density at radius 2 is 1.30 bits per heavy atom. The molecule has 2 atom stereocenters. The fourth-order valence-electron chi connectivity index (χ4n) is 1.18. The SMILES string of the molecule is NC(=O)C1CCC1C(N)=O. The highest BCUT2D eigenvalue weighted by Gasteiger charge is 2.38. The zero-order chi connectivity index (χ0) is 7.72. The number of rotatable bonds is 2. The van der Waals surface area contributed by atoms with Gasteiger partial charge in [-0.2, -0.15) is 0 Å². The van der Waals surface area contributed by atoms with Crippen LogP contribution in [-0.2, 0) is 9.59 Å². The summed E-state index contributed by atoms with van der Waals surface area (Å²) >= 11 is 0. The van der Waals surface area contributed by atoms with E-state index in [-0.39, 0.29) is 11.8 Å². The van der Waals surface area contributed by atoms with Gasteiger partial charge < -0.3 is 11.5 Å². The third-order valence-electron chi connectivity index (χ3n) is 2.01. The minimum absolute atomic E-state index is 0.294. The number of carbonyl (C=O) groups is 2. The molecule has 1 fully saturated rings. The van der Waals surface area contributed by atoms with Crippen molar-refractivity contribution in [2.24, 2.45) is 23.3 Å². The van der Waals surface area contributed by atoms with Gasteiger partial charge in [0.2, 0.25) is 11.8 Å². The van der Waals surface area contributed by atoms with Gasteiger partial charge in [-0.25, -0.2) is 0 Å². The van der Waals surface area contributed by atoms with E-state index in [2.05, 4.69) is 0 Å². The van der Waals surface area contributed by atoms with Crippen molar-refractivity contribution in [2.75, 3.05) is 0 Å². The van der Waals surface area contributed by atoms with Crippen molar-refractivity contribution in [1.29, 1.82) is 0 Å². The van der Waals surface area contributed by atoms with E-state index in [0.29, 0.717) is 12.8 Å². The molecule has 2 unspecified atom stereocenters. The van der Waals surface area contributed by atoms with E-state index in [9.17, 15) is 9.59 Å². The lowest BCUT2D eigenvalue weighted by atomic mass is 9.73. The molecule has 0 aromatic carbocycles. The highest BCUT2D eigenvalue weighted by Crippen LogP contribution is 2.33. The molecule has 2 amide bonds. The lowest BCUT2D eigenvalue weighted by molar-refractivity contribution is -0.136. The molecule has 1 saturated carbocycles. The van der Waals surface area contributed by atoms with Crippen LogP contribution in [0, 0.1) is 11.8 Å². The molecule has 0 aromatic rings. The Morgan fingerprint density at radius 1 is 1.00 bits per heavy atom. The van der Waals surface area contributed by atoms with Gasteiger partial charge in [-0.05, 0) is 12.8 Å². The molecule has 10 heavy (non-hydrogen) atoms. The summed E-state index contributed by atoms with van der Waals surface area (Å²) < 4.78 is 0. The van der Waals surface area contributed by atoms with E-state index < -0.39 is 11.8 Å². The highest BCUT2D eigenvalue weighted by molar-refractivity contribution is 5.87. The van der Waals surface area contributed by atoms with Gasteiger partial charge in [0, 0.05) is 11.8 Å². The summed E-state index contributed by atoms with van der Waals surface area (Å²) in [6.07, 6.45) is 1.42. The molecule has 4 N–H and O–H groups in total. The Bertz CT molecular complexity index is 159. The molecular weight excluding hydrogens is 132 g/mol. The van der Waals surface area contributed by atoms with Crippen molar-refractivity contribution in [3.8, 4) is 0 Å². The Balaban J connectivity index is 2.51. The van der Waals surface area contributed by atoms with Crippen molar-refractivity contribution >= 4 is 11.8 Å². The minimum Gasteiger partial charge on any atom is -0.369 e. The smallest absolute Gasteiger partial charge is 0.221 e. The number of hydrogen-bond acceptors (Lipinski definition) is 2. The first-order valence-electron chi connectivity index (χ1n) is 3.21. The van der Waals surface area contributed by atoms with Crippen LogP contribution >= 0.6 is 0 Å². The summed E-state index contributed by atoms with van der Waals surface area (Å²) in [5.41, 5.74) is 9.96. The molecular formula is C6H10N2O2.